The summed E-state index contributed by atoms with van der Waals surface area (Å²) in [5.74, 6) is 0.0194. The summed E-state index contributed by atoms with van der Waals surface area (Å²) in [5.41, 5.74) is 2.96. The monoisotopic (exact) mass is 359 g/mol. The quantitative estimate of drug-likeness (QED) is 0.834. The van der Waals surface area contributed by atoms with Crippen LogP contribution in [0.5, 0.6) is 0 Å². The highest BCUT2D eigenvalue weighted by atomic mass is 16.5. The molecule has 26 heavy (non-hydrogen) atoms. The number of nitrogens with one attached hydrogen (secondary N) is 1. The van der Waals surface area contributed by atoms with E-state index >= 15 is 0 Å². The van der Waals surface area contributed by atoms with Gasteiger partial charge in [-0.3, -0.25) is 19.8 Å². The van der Waals surface area contributed by atoms with Crippen LogP contribution < -0.4 is 15.1 Å². The van der Waals surface area contributed by atoms with Gasteiger partial charge >= 0.3 is 12.0 Å². The average Bonchev–Trinajstić information content (AvgIpc) is 2.63. The van der Waals surface area contributed by atoms with Gasteiger partial charge in [0.2, 0.25) is 5.91 Å². The molecule has 0 aliphatic carbocycles. The number of anilines is 2. The second-order valence-corrected chi connectivity index (χ2v) is 6.94. The van der Waals surface area contributed by atoms with E-state index in [9.17, 15) is 14.4 Å². The maximum Gasteiger partial charge on any atom is 0.328 e. The minimum Gasteiger partial charge on any atom is -0.469 e. The van der Waals surface area contributed by atoms with E-state index in [1.54, 1.807) is 4.90 Å². The third kappa shape index (κ3) is 3.98. The number of aryl methyl sites for hydroxylation is 1. The van der Waals surface area contributed by atoms with E-state index in [0.29, 0.717) is 25.3 Å². The fraction of sp³-hybridized carbons (Fsp3) is 0.526. The van der Waals surface area contributed by atoms with Gasteiger partial charge < -0.3 is 9.64 Å². The minimum atomic E-state index is -0.360. The summed E-state index contributed by atoms with van der Waals surface area (Å²) < 4.78 is 4.76. The second-order valence-electron chi connectivity index (χ2n) is 6.94. The van der Waals surface area contributed by atoms with Gasteiger partial charge in [0.1, 0.15) is 0 Å². The zero-order valence-corrected chi connectivity index (χ0v) is 15.3. The second kappa shape index (κ2) is 7.76. The van der Waals surface area contributed by atoms with Crippen molar-refractivity contribution in [1.82, 2.24) is 5.32 Å². The van der Waals surface area contributed by atoms with Crippen molar-refractivity contribution >= 4 is 29.3 Å². The van der Waals surface area contributed by atoms with Gasteiger partial charge in [-0.05, 0) is 49.4 Å². The van der Waals surface area contributed by atoms with Crippen molar-refractivity contribution in [3.8, 4) is 0 Å². The number of methoxy groups -OCH3 is 1. The molecule has 0 unspecified atom stereocenters. The third-order valence-corrected chi connectivity index (χ3v) is 5.19. The van der Waals surface area contributed by atoms with Crippen LogP contribution in [0.2, 0.25) is 0 Å². The maximum atomic E-state index is 12.0. The average molecular weight is 359 g/mol. The first-order valence-electron chi connectivity index (χ1n) is 9.01. The molecule has 0 bridgehead atoms. The Morgan fingerprint density at radius 3 is 2.58 bits per heavy atom. The van der Waals surface area contributed by atoms with Gasteiger partial charge in [-0.25, -0.2) is 4.79 Å². The van der Waals surface area contributed by atoms with Crippen LogP contribution >= 0.6 is 0 Å². The predicted molar refractivity (Wildman–Crippen MR) is 98.3 cm³/mol. The first kappa shape index (κ1) is 18.2. The molecule has 0 atom stereocenters. The molecule has 7 nitrogen and oxygen atoms in total. The number of benzene rings is 1. The summed E-state index contributed by atoms with van der Waals surface area (Å²) in [5, 5.41) is 2.36. The molecule has 1 N–H and O–H groups in total. The molecule has 2 saturated heterocycles. The molecule has 0 spiro atoms. The number of ether oxygens (including phenoxy) is 1. The maximum absolute atomic E-state index is 12.0. The Balaban J connectivity index is 1.64. The van der Waals surface area contributed by atoms with Crippen LogP contribution in [-0.2, 0) is 14.3 Å². The number of carbonyl (C=O) groups excluding carboxylic acids is 3. The van der Waals surface area contributed by atoms with E-state index < -0.39 is 0 Å². The fourth-order valence-electron chi connectivity index (χ4n) is 3.65. The molecule has 2 heterocycles. The van der Waals surface area contributed by atoms with Crippen molar-refractivity contribution in [2.45, 2.75) is 32.6 Å². The molecule has 3 amide bonds. The Bertz CT molecular complexity index is 711. The van der Waals surface area contributed by atoms with Crippen molar-refractivity contribution in [3.05, 3.63) is 23.8 Å². The van der Waals surface area contributed by atoms with Gasteiger partial charge in [-0.1, -0.05) is 0 Å². The smallest absolute Gasteiger partial charge is 0.328 e. The van der Waals surface area contributed by atoms with Crippen LogP contribution in [0, 0.1) is 12.8 Å². The molecule has 1 aromatic rings. The van der Waals surface area contributed by atoms with Crippen LogP contribution in [0.15, 0.2) is 18.2 Å². The topological polar surface area (TPSA) is 79.0 Å². The number of amides is 3. The van der Waals surface area contributed by atoms with E-state index in [2.05, 4.69) is 16.3 Å². The Labute approximate surface area is 153 Å². The number of piperidine rings is 1. The van der Waals surface area contributed by atoms with Gasteiger partial charge in [0.15, 0.2) is 0 Å². The van der Waals surface area contributed by atoms with Crippen molar-refractivity contribution in [2.24, 2.45) is 5.92 Å². The van der Waals surface area contributed by atoms with Crippen molar-refractivity contribution in [2.75, 3.05) is 36.5 Å². The summed E-state index contributed by atoms with van der Waals surface area (Å²) in [4.78, 5) is 38.7. The summed E-state index contributed by atoms with van der Waals surface area (Å²) in [6.07, 6.45) is 2.74. The van der Waals surface area contributed by atoms with Gasteiger partial charge in [-0.15, -0.1) is 0 Å². The minimum absolute atomic E-state index is 0.137. The Morgan fingerprint density at radius 1 is 1.23 bits per heavy atom. The first-order chi connectivity index (χ1) is 12.5. The molecule has 0 aromatic heterocycles. The highest BCUT2D eigenvalue weighted by Gasteiger charge is 2.26. The van der Waals surface area contributed by atoms with Crippen molar-refractivity contribution in [1.29, 1.82) is 0 Å². The predicted octanol–water partition coefficient (Wildman–Crippen LogP) is 2.22. The standard InChI is InChI=1S/C19H25N3O4/c1-13-11-15(21-8-5-14(6-9-21)12-18(24)26-2)3-4-16(13)22-10-7-17(23)20-19(22)25/h3-4,11,14H,5-10,12H2,1-2H3,(H,20,23,25). The number of nitrogens with zero attached hydrogens (tertiary/aromatic N) is 2. The summed E-state index contributed by atoms with van der Waals surface area (Å²) in [6.45, 7) is 4.19. The first-order valence-corrected chi connectivity index (χ1v) is 9.01. The van der Waals surface area contributed by atoms with Crippen molar-refractivity contribution < 1.29 is 19.1 Å². The molecular formula is C19H25N3O4. The van der Waals surface area contributed by atoms with Crippen LogP contribution in [0.1, 0.15) is 31.2 Å². The SMILES string of the molecule is COC(=O)CC1CCN(c2ccc(N3CCC(=O)NC3=O)c(C)c2)CC1. The molecule has 2 fully saturated rings. The zero-order chi connectivity index (χ0) is 18.7. The molecule has 2 aliphatic rings. The normalized spacial score (nSPS) is 18.7. The molecule has 7 heteroatoms. The lowest BCUT2D eigenvalue weighted by Crippen LogP contribution is -2.49. The lowest BCUT2D eigenvalue weighted by molar-refractivity contribution is -0.141. The van der Waals surface area contributed by atoms with Crippen LogP contribution in [0.4, 0.5) is 16.2 Å². The lowest BCUT2D eigenvalue weighted by Gasteiger charge is -2.34. The number of rotatable bonds is 4. The summed E-state index contributed by atoms with van der Waals surface area (Å²) in [6, 6.07) is 5.69. The van der Waals surface area contributed by atoms with E-state index in [0.717, 1.165) is 42.9 Å². The highest BCUT2D eigenvalue weighted by Crippen LogP contribution is 2.30. The van der Waals surface area contributed by atoms with Gasteiger partial charge in [0.05, 0.1) is 7.11 Å². The molecule has 2 aliphatic heterocycles. The van der Waals surface area contributed by atoms with Crippen LogP contribution in [0.25, 0.3) is 0 Å². The molecular weight excluding hydrogens is 334 g/mol. The number of hydrogen-bond donors (Lipinski definition) is 1. The number of urea groups is 1. The number of hydrogen-bond acceptors (Lipinski definition) is 5. The van der Waals surface area contributed by atoms with E-state index in [1.165, 1.54) is 7.11 Å². The fourth-order valence-corrected chi connectivity index (χ4v) is 3.65. The molecule has 3 rings (SSSR count). The van der Waals surface area contributed by atoms with Crippen LogP contribution in [-0.4, -0.2) is 44.7 Å². The lowest BCUT2D eigenvalue weighted by atomic mass is 9.93. The third-order valence-electron chi connectivity index (χ3n) is 5.19. The molecule has 0 saturated carbocycles. The van der Waals surface area contributed by atoms with E-state index in [4.69, 9.17) is 4.74 Å². The van der Waals surface area contributed by atoms with Crippen LogP contribution in [0.3, 0.4) is 0 Å². The number of imide groups is 1. The van der Waals surface area contributed by atoms with E-state index in [-0.39, 0.29) is 17.9 Å². The molecule has 0 radical (unpaired) electrons. The van der Waals surface area contributed by atoms with Crippen molar-refractivity contribution in [3.63, 3.8) is 0 Å². The van der Waals surface area contributed by atoms with Gasteiger partial charge in [0.25, 0.3) is 0 Å². The number of carbonyl (C=O) groups is 3. The Hall–Kier alpha value is -2.57. The summed E-state index contributed by atoms with van der Waals surface area (Å²) >= 11 is 0. The zero-order valence-electron chi connectivity index (χ0n) is 15.3. The largest absolute Gasteiger partial charge is 0.469 e. The Kier molecular flexibility index (Phi) is 5.44. The van der Waals surface area contributed by atoms with Gasteiger partial charge in [-0.2, -0.15) is 0 Å². The summed E-state index contributed by atoms with van der Waals surface area (Å²) in [7, 11) is 1.43. The molecule has 140 valence electrons. The van der Waals surface area contributed by atoms with Gasteiger partial charge in [0, 0.05) is 43.9 Å². The number of esters is 1. The van der Waals surface area contributed by atoms with E-state index in [1.807, 2.05) is 19.1 Å². The molecule has 1 aromatic carbocycles. The Morgan fingerprint density at radius 2 is 1.96 bits per heavy atom. The highest BCUT2D eigenvalue weighted by molar-refractivity contribution is 6.06.